The Balaban J connectivity index is 4.94. The topological polar surface area (TPSA) is 0 Å². The van der Waals surface area contributed by atoms with Crippen molar-refractivity contribution in [1.29, 1.82) is 0 Å². The molecule has 0 aliphatic carbocycles. The molecule has 0 rings (SSSR count). The summed E-state index contributed by atoms with van der Waals surface area (Å²) in [6.07, 6.45) is 28.7. The second-order valence-corrected chi connectivity index (χ2v) is 13.4. The summed E-state index contributed by atoms with van der Waals surface area (Å²) in [5.74, 6) is 6.43. The third-order valence-electron chi connectivity index (χ3n) is 9.91. The van der Waals surface area contributed by atoms with Crippen LogP contribution in [0.3, 0.4) is 0 Å². The van der Waals surface area contributed by atoms with Crippen LogP contribution in [0.15, 0.2) is 0 Å². The van der Waals surface area contributed by atoms with Crippen molar-refractivity contribution in [3.8, 4) is 0 Å². The van der Waals surface area contributed by atoms with E-state index in [1.165, 1.54) is 128 Å². The van der Waals surface area contributed by atoms with Gasteiger partial charge in [-0.1, -0.05) is 178 Å². The number of hydrogen-bond donors (Lipinski definition) is 0. The molecule has 7 unspecified atom stereocenters. The largest absolute Gasteiger partial charge is 0.0654 e. The normalized spacial score (nSPS) is 17.9. The van der Waals surface area contributed by atoms with Gasteiger partial charge in [0, 0.05) is 0 Å². The fourth-order valence-electron chi connectivity index (χ4n) is 7.07. The van der Waals surface area contributed by atoms with E-state index >= 15 is 0 Å². The molecule has 0 heterocycles. The molecule has 7 atom stereocenters. The summed E-state index contributed by atoms with van der Waals surface area (Å²) in [6.45, 7) is 22.2. The van der Waals surface area contributed by atoms with Gasteiger partial charge in [-0.2, -0.15) is 0 Å². The van der Waals surface area contributed by atoms with Gasteiger partial charge in [-0.15, -0.1) is 0 Å². The summed E-state index contributed by atoms with van der Waals surface area (Å²) in [7, 11) is 0. The summed E-state index contributed by atoms with van der Waals surface area (Å²) < 4.78 is 0. The molecule has 0 aromatic carbocycles. The molecule has 0 N–H and O–H groups in total. The zero-order valence-electron chi connectivity index (χ0n) is 27.2. The smallest absolute Gasteiger partial charge is 0.0360 e. The van der Waals surface area contributed by atoms with E-state index in [1.54, 1.807) is 0 Å². The zero-order valence-corrected chi connectivity index (χ0v) is 27.2. The van der Waals surface area contributed by atoms with Gasteiger partial charge in [-0.05, 0) is 54.3 Å². The van der Waals surface area contributed by atoms with Gasteiger partial charge in [-0.3, -0.25) is 0 Å². The Hall–Kier alpha value is 0. The maximum Gasteiger partial charge on any atom is -0.0360 e. The lowest BCUT2D eigenvalue weighted by molar-refractivity contribution is 0.163. The van der Waals surface area contributed by atoms with Crippen LogP contribution >= 0.6 is 0 Å². The second kappa shape index (κ2) is 24.1. The molecule has 36 heavy (non-hydrogen) atoms. The van der Waals surface area contributed by atoms with Gasteiger partial charge < -0.3 is 0 Å². The molecular formula is C36H74. The minimum absolute atomic E-state index is 0.880. The summed E-state index contributed by atoms with van der Waals surface area (Å²) >= 11 is 0. The Morgan fingerprint density at radius 3 is 1.39 bits per heavy atom. The first-order valence-corrected chi connectivity index (χ1v) is 17.3. The van der Waals surface area contributed by atoms with Gasteiger partial charge in [0.15, 0.2) is 0 Å². The van der Waals surface area contributed by atoms with E-state index in [2.05, 4.69) is 62.3 Å². The highest BCUT2D eigenvalue weighted by Gasteiger charge is 2.27. The van der Waals surface area contributed by atoms with Crippen molar-refractivity contribution >= 4 is 0 Å². The maximum atomic E-state index is 2.62. The van der Waals surface area contributed by atoms with Crippen LogP contribution in [0.1, 0.15) is 191 Å². The first-order chi connectivity index (χ1) is 17.3. The molecule has 0 spiro atoms. The van der Waals surface area contributed by atoms with Crippen LogP contribution in [0.2, 0.25) is 0 Å². The fraction of sp³-hybridized carbons (Fsp3) is 1.00. The van der Waals surface area contributed by atoms with Crippen molar-refractivity contribution in [2.75, 3.05) is 0 Å². The zero-order chi connectivity index (χ0) is 27.2. The maximum absolute atomic E-state index is 2.62. The van der Waals surface area contributed by atoms with Gasteiger partial charge in [0.1, 0.15) is 0 Å². The van der Waals surface area contributed by atoms with Crippen molar-refractivity contribution in [1.82, 2.24) is 0 Å². The first kappa shape index (κ1) is 36.0. The quantitative estimate of drug-likeness (QED) is 0.102. The highest BCUT2D eigenvalue weighted by molar-refractivity contribution is 4.78. The van der Waals surface area contributed by atoms with Crippen molar-refractivity contribution < 1.29 is 0 Å². The summed E-state index contributed by atoms with van der Waals surface area (Å²) in [5.41, 5.74) is 0. The average molecular weight is 507 g/mol. The molecule has 0 aromatic heterocycles. The van der Waals surface area contributed by atoms with Crippen LogP contribution in [0, 0.1) is 41.4 Å². The van der Waals surface area contributed by atoms with E-state index in [4.69, 9.17) is 0 Å². The molecule has 0 saturated carbocycles. The van der Waals surface area contributed by atoms with E-state index in [1.807, 2.05) is 0 Å². The predicted molar refractivity (Wildman–Crippen MR) is 168 cm³/mol. The fourth-order valence-corrected chi connectivity index (χ4v) is 7.07. The lowest BCUT2D eigenvalue weighted by Crippen LogP contribution is -2.24. The lowest BCUT2D eigenvalue weighted by Gasteiger charge is -2.34. The Bertz CT molecular complexity index is 439. The molecule has 0 heteroatoms. The molecule has 0 nitrogen and oxygen atoms in total. The number of hydrogen-bond acceptors (Lipinski definition) is 0. The Morgan fingerprint density at radius 1 is 0.333 bits per heavy atom. The van der Waals surface area contributed by atoms with Crippen LogP contribution in [-0.4, -0.2) is 0 Å². The van der Waals surface area contributed by atoms with E-state index in [9.17, 15) is 0 Å². The van der Waals surface area contributed by atoms with Crippen molar-refractivity contribution in [2.24, 2.45) is 41.4 Å². The predicted octanol–water partition coefficient (Wildman–Crippen LogP) is 13.3. The Labute approximate surface area is 232 Å². The molecule has 0 radical (unpaired) electrons. The Morgan fingerprint density at radius 2 is 0.806 bits per heavy atom. The van der Waals surface area contributed by atoms with Gasteiger partial charge in [0.2, 0.25) is 0 Å². The molecule has 0 fully saturated rings. The van der Waals surface area contributed by atoms with Crippen LogP contribution in [0.4, 0.5) is 0 Å². The molecule has 0 saturated heterocycles. The van der Waals surface area contributed by atoms with Crippen molar-refractivity contribution in [3.05, 3.63) is 0 Å². The average Bonchev–Trinajstić information content (AvgIpc) is 2.86. The molecule has 0 bridgehead atoms. The van der Waals surface area contributed by atoms with E-state index in [-0.39, 0.29) is 0 Å². The van der Waals surface area contributed by atoms with E-state index in [0.717, 1.165) is 41.4 Å². The highest BCUT2D eigenvalue weighted by Crippen LogP contribution is 2.38. The number of rotatable bonds is 26. The van der Waals surface area contributed by atoms with Crippen LogP contribution in [-0.2, 0) is 0 Å². The third-order valence-corrected chi connectivity index (χ3v) is 9.91. The first-order valence-electron chi connectivity index (χ1n) is 17.3. The SMILES string of the molecule is CCCCCCC(CCCCC)CC(C)C(C)CCC(C)C(CC(CCC)CCCC)C(C)CCC. The lowest BCUT2D eigenvalue weighted by atomic mass is 9.71. The second-order valence-electron chi connectivity index (χ2n) is 13.4. The molecule has 0 aromatic rings. The molecule has 218 valence electrons. The standard InChI is InChI=1S/C36H74/c1-10-15-18-20-25-35(24-19-16-11-2)28-33(9)30(6)26-27-32(8)36(31(7)21-13-4)29-34(22-14-5)23-17-12-3/h30-36H,10-29H2,1-9H3. The van der Waals surface area contributed by atoms with Gasteiger partial charge in [0.05, 0.1) is 0 Å². The van der Waals surface area contributed by atoms with Crippen molar-refractivity contribution in [2.45, 2.75) is 191 Å². The van der Waals surface area contributed by atoms with Gasteiger partial charge in [0.25, 0.3) is 0 Å². The van der Waals surface area contributed by atoms with E-state index in [0.29, 0.717) is 0 Å². The van der Waals surface area contributed by atoms with Gasteiger partial charge >= 0.3 is 0 Å². The molecular weight excluding hydrogens is 432 g/mol. The van der Waals surface area contributed by atoms with Crippen LogP contribution < -0.4 is 0 Å². The Kier molecular flexibility index (Phi) is 24.1. The minimum atomic E-state index is 0.880. The summed E-state index contributed by atoms with van der Waals surface area (Å²) in [5, 5.41) is 0. The van der Waals surface area contributed by atoms with Crippen LogP contribution in [0.25, 0.3) is 0 Å². The third kappa shape index (κ3) is 17.5. The number of unbranched alkanes of at least 4 members (excludes halogenated alkanes) is 6. The molecule has 0 aliphatic heterocycles. The highest BCUT2D eigenvalue weighted by atomic mass is 14.3. The summed E-state index contributed by atoms with van der Waals surface area (Å²) in [4.78, 5) is 0. The monoisotopic (exact) mass is 507 g/mol. The molecule has 0 aliphatic rings. The van der Waals surface area contributed by atoms with Gasteiger partial charge in [-0.25, -0.2) is 0 Å². The van der Waals surface area contributed by atoms with Crippen molar-refractivity contribution in [3.63, 3.8) is 0 Å². The molecule has 0 amide bonds. The van der Waals surface area contributed by atoms with Crippen LogP contribution in [0.5, 0.6) is 0 Å². The van der Waals surface area contributed by atoms with E-state index < -0.39 is 0 Å². The summed E-state index contributed by atoms with van der Waals surface area (Å²) in [6, 6.07) is 0. The minimum Gasteiger partial charge on any atom is -0.0654 e.